The van der Waals surface area contributed by atoms with Crippen LogP contribution in [0.4, 0.5) is 4.39 Å². The Labute approximate surface area is 153 Å². The van der Waals surface area contributed by atoms with Gasteiger partial charge in [0.1, 0.15) is 11.5 Å². The van der Waals surface area contributed by atoms with Gasteiger partial charge >= 0.3 is 0 Å². The van der Waals surface area contributed by atoms with Crippen molar-refractivity contribution >= 4 is 16.7 Å². The van der Waals surface area contributed by atoms with Gasteiger partial charge in [-0.15, -0.1) is 0 Å². The molecule has 6 heteroatoms. The molecule has 0 fully saturated rings. The number of nitrogens with zero attached hydrogens (tertiary/aromatic N) is 1. The van der Waals surface area contributed by atoms with Crippen LogP contribution < -0.4 is 5.32 Å². The predicted molar refractivity (Wildman–Crippen MR) is 99.6 cm³/mol. The van der Waals surface area contributed by atoms with Gasteiger partial charge in [-0.3, -0.25) is 9.00 Å². The van der Waals surface area contributed by atoms with Crippen LogP contribution in [-0.4, -0.2) is 21.4 Å². The molecule has 1 atom stereocenters. The highest BCUT2D eigenvalue weighted by Gasteiger charge is 2.11. The summed E-state index contributed by atoms with van der Waals surface area (Å²) >= 11 is 0. The molecule has 1 unspecified atom stereocenters. The number of carbonyl (C=O) groups is 1. The average Bonchev–Trinajstić information content (AvgIpc) is 2.67. The first-order chi connectivity index (χ1) is 12.5. The summed E-state index contributed by atoms with van der Waals surface area (Å²) in [6, 6.07) is 18.4. The summed E-state index contributed by atoms with van der Waals surface area (Å²) in [4.78, 5) is 17.3. The summed E-state index contributed by atoms with van der Waals surface area (Å²) in [5, 5.41) is 2.79. The summed E-state index contributed by atoms with van der Waals surface area (Å²) < 4.78 is 25.3. The van der Waals surface area contributed by atoms with Crippen LogP contribution in [0.25, 0.3) is 11.3 Å². The minimum atomic E-state index is -1.03. The summed E-state index contributed by atoms with van der Waals surface area (Å²) in [6.07, 6.45) is 1.62. The van der Waals surface area contributed by atoms with E-state index in [0.29, 0.717) is 17.8 Å². The fraction of sp³-hybridized carbons (Fsp3) is 0.100. The molecule has 3 rings (SSSR count). The van der Waals surface area contributed by atoms with E-state index in [-0.39, 0.29) is 17.4 Å². The summed E-state index contributed by atoms with van der Waals surface area (Å²) in [7, 11) is -1.03. The molecule has 4 nitrogen and oxygen atoms in total. The molecule has 0 saturated carbocycles. The number of amides is 1. The van der Waals surface area contributed by atoms with Crippen LogP contribution in [0.5, 0.6) is 0 Å². The average molecular weight is 368 g/mol. The van der Waals surface area contributed by atoms with E-state index in [4.69, 9.17) is 0 Å². The number of hydrogen-bond acceptors (Lipinski definition) is 3. The number of rotatable bonds is 5. The van der Waals surface area contributed by atoms with Gasteiger partial charge in [-0.1, -0.05) is 30.3 Å². The van der Waals surface area contributed by atoms with Gasteiger partial charge in [0.05, 0.1) is 5.69 Å². The third-order valence-electron chi connectivity index (χ3n) is 3.84. The van der Waals surface area contributed by atoms with Gasteiger partial charge in [-0.05, 0) is 42.0 Å². The van der Waals surface area contributed by atoms with Crippen molar-refractivity contribution in [3.8, 4) is 11.3 Å². The van der Waals surface area contributed by atoms with Crippen molar-refractivity contribution in [2.24, 2.45) is 0 Å². The molecule has 1 aromatic heterocycles. The Kier molecular flexibility index (Phi) is 5.53. The number of hydrogen-bond donors (Lipinski definition) is 1. The lowest BCUT2D eigenvalue weighted by molar-refractivity contribution is 0.0946. The molecule has 1 amide bonds. The second-order valence-electron chi connectivity index (χ2n) is 5.67. The third-order valence-corrected chi connectivity index (χ3v) is 4.78. The fourth-order valence-electron chi connectivity index (χ4n) is 2.45. The van der Waals surface area contributed by atoms with Crippen molar-refractivity contribution in [3.05, 3.63) is 83.8 Å². The van der Waals surface area contributed by atoms with Crippen molar-refractivity contribution in [1.82, 2.24) is 10.3 Å². The first kappa shape index (κ1) is 17.9. The van der Waals surface area contributed by atoms with Gasteiger partial charge in [0.25, 0.3) is 5.91 Å². The van der Waals surface area contributed by atoms with Gasteiger partial charge < -0.3 is 5.32 Å². The van der Waals surface area contributed by atoms with Crippen molar-refractivity contribution in [2.45, 2.75) is 11.4 Å². The number of benzene rings is 2. The van der Waals surface area contributed by atoms with Gasteiger partial charge in [-0.2, -0.15) is 0 Å². The SMILES string of the molecule is CS(=O)c1ccc(CNC(=O)c2cccc(-c3ccccc3F)n2)cc1. The molecule has 2 aromatic carbocycles. The standard InChI is InChI=1S/C20H17FN2O2S/c1-26(25)15-11-9-14(10-12-15)13-22-20(24)19-8-4-7-18(23-19)16-5-2-3-6-17(16)21/h2-12H,13H2,1H3,(H,22,24). The quantitative estimate of drug-likeness (QED) is 0.749. The van der Waals surface area contributed by atoms with Gasteiger partial charge in [0, 0.05) is 34.1 Å². The van der Waals surface area contributed by atoms with Crippen LogP contribution in [0.2, 0.25) is 0 Å². The topological polar surface area (TPSA) is 59.1 Å². The number of nitrogens with one attached hydrogen (secondary N) is 1. The van der Waals surface area contributed by atoms with Gasteiger partial charge in [-0.25, -0.2) is 9.37 Å². The van der Waals surface area contributed by atoms with Crippen LogP contribution >= 0.6 is 0 Å². The largest absolute Gasteiger partial charge is 0.347 e. The van der Waals surface area contributed by atoms with Crippen LogP contribution in [0.3, 0.4) is 0 Å². The van der Waals surface area contributed by atoms with Gasteiger partial charge in [0.15, 0.2) is 0 Å². The summed E-state index contributed by atoms with van der Waals surface area (Å²) in [5.41, 5.74) is 1.87. The second kappa shape index (κ2) is 8.01. The predicted octanol–water partition coefficient (Wildman–Crippen LogP) is 3.56. The van der Waals surface area contributed by atoms with E-state index < -0.39 is 10.8 Å². The Morgan fingerprint density at radius 3 is 2.46 bits per heavy atom. The number of aromatic nitrogens is 1. The lowest BCUT2D eigenvalue weighted by Crippen LogP contribution is -2.23. The zero-order chi connectivity index (χ0) is 18.5. The molecule has 0 radical (unpaired) electrons. The zero-order valence-electron chi connectivity index (χ0n) is 14.1. The summed E-state index contributed by atoms with van der Waals surface area (Å²) in [5.74, 6) is -0.725. The highest BCUT2D eigenvalue weighted by atomic mass is 32.2. The lowest BCUT2D eigenvalue weighted by Gasteiger charge is -2.08. The van der Waals surface area contributed by atoms with Crippen molar-refractivity contribution in [3.63, 3.8) is 0 Å². The molecule has 132 valence electrons. The highest BCUT2D eigenvalue weighted by molar-refractivity contribution is 7.84. The number of carbonyl (C=O) groups excluding carboxylic acids is 1. The van der Waals surface area contributed by atoms with Crippen molar-refractivity contribution < 1.29 is 13.4 Å². The van der Waals surface area contributed by atoms with E-state index in [9.17, 15) is 13.4 Å². The molecule has 0 aliphatic rings. The van der Waals surface area contributed by atoms with Crippen LogP contribution in [0.15, 0.2) is 71.6 Å². The molecule has 0 aliphatic heterocycles. The van der Waals surface area contributed by atoms with Crippen molar-refractivity contribution in [2.75, 3.05) is 6.26 Å². The number of halogens is 1. The third kappa shape index (κ3) is 4.21. The normalized spacial score (nSPS) is 11.8. The smallest absolute Gasteiger partial charge is 0.270 e. The Morgan fingerprint density at radius 2 is 1.77 bits per heavy atom. The fourth-order valence-corrected chi connectivity index (χ4v) is 2.97. The second-order valence-corrected chi connectivity index (χ2v) is 7.05. The zero-order valence-corrected chi connectivity index (χ0v) is 14.9. The van der Waals surface area contributed by atoms with Crippen molar-refractivity contribution in [1.29, 1.82) is 0 Å². The first-order valence-electron chi connectivity index (χ1n) is 7.97. The van der Waals surface area contributed by atoms with E-state index >= 15 is 0 Å². The minimum absolute atomic E-state index is 0.219. The Bertz CT molecular complexity index is 958. The first-order valence-corrected chi connectivity index (χ1v) is 9.53. The summed E-state index contributed by atoms with van der Waals surface area (Å²) in [6.45, 7) is 0.321. The van der Waals surface area contributed by atoms with Crippen LogP contribution in [0.1, 0.15) is 16.1 Å². The Hall–Kier alpha value is -2.86. The molecule has 3 aromatic rings. The van der Waals surface area contributed by atoms with Gasteiger partial charge in [0.2, 0.25) is 0 Å². The molecule has 1 N–H and O–H groups in total. The Morgan fingerprint density at radius 1 is 1.04 bits per heavy atom. The maximum Gasteiger partial charge on any atom is 0.270 e. The minimum Gasteiger partial charge on any atom is -0.347 e. The van der Waals surface area contributed by atoms with E-state index in [1.165, 1.54) is 6.07 Å². The molecule has 0 spiro atoms. The monoisotopic (exact) mass is 368 g/mol. The maximum atomic E-state index is 13.9. The number of pyridine rings is 1. The molecular weight excluding hydrogens is 351 g/mol. The van der Waals surface area contributed by atoms with E-state index in [1.54, 1.807) is 54.8 Å². The highest BCUT2D eigenvalue weighted by Crippen LogP contribution is 2.20. The van der Waals surface area contributed by atoms with E-state index in [2.05, 4.69) is 10.3 Å². The molecule has 0 saturated heterocycles. The molecule has 26 heavy (non-hydrogen) atoms. The molecule has 1 heterocycles. The van der Waals surface area contributed by atoms with E-state index in [1.807, 2.05) is 12.1 Å². The Balaban J connectivity index is 1.71. The maximum absolute atomic E-state index is 13.9. The molecule has 0 aliphatic carbocycles. The molecular formula is C20H17FN2O2S. The van der Waals surface area contributed by atoms with E-state index in [0.717, 1.165) is 10.5 Å². The van der Waals surface area contributed by atoms with Crippen LogP contribution in [0, 0.1) is 5.82 Å². The molecule has 0 bridgehead atoms. The lowest BCUT2D eigenvalue weighted by atomic mass is 10.1. The van der Waals surface area contributed by atoms with Crippen LogP contribution in [-0.2, 0) is 17.3 Å².